The number of hydrogen-bond acceptors (Lipinski definition) is 5. The lowest BCUT2D eigenvalue weighted by atomic mass is 9.79. The van der Waals surface area contributed by atoms with Gasteiger partial charge in [-0.05, 0) is 73.9 Å². The normalized spacial score (nSPS) is 12.3. The molecule has 0 fully saturated rings. The summed E-state index contributed by atoms with van der Waals surface area (Å²) in [5.74, 6) is 1.80. The van der Waals surface area contributed by atoms with Crippen LogP contribution in [0.4, 0.5) is 0 Å². The van der Waals surface area contributed by atoms with Crippen LogP contribution in [0.5, 0.6) is 23.0 Å². The molecule has 200 valence electrons. The molecule has 0 atom stereocenters. The molecule has 2 N–H and O–H groups in total. The van der Waals surface area contributed by atoms with E-state index in [1.54, 1.807) is 13.8 Å². The topological polar surface area (TPSA) is 85.2 Å². The minimum atomic E-state index is -0.790. The van der Waals surface area contributed by atoms with Crippen molar-refractivity contribution in [2.24, 2.45) is 5.41 Å². The van der Waals surface area contributed by atoms with Crippen molar-refractivity contribution in [1.82, 2.24) is 0 Å². The smallest absolute Gasteiger partial charge is 0.309 e. The average molecular weight is 501 g/mol. The third-order valence-corrected chi connectivity index (χ3v) is 6.14. The van der Waals surface area contributed by atoms with Crippen LogP contribution in [0.2, 0.25) is 0 Å². The van der Waals surface area contributed by atoms with Gasteiger partial charge in [-0.15, -0.1) is 0 Å². The van der Waals surface area contributed by atoms with Crippen LogP contribution in [-0.4, -0.2) is 36.0 Å². The van der Waals surface area contributed by atoms with E-state index in [0.717, 1.165) is 28.4 Å². The van der Waals surface area contributed by atoms with E-state index in [4.69, 9.17) is 19.3 Å². The molecule has 36 heavy (non-hydrogen) atoms. The highest BCUT2D eigenvalue weighted by Gasteiger charge is 2.27. The van der Waals surface area contributed by atoms with E-state index in [1.165, 1.54) is 0 Å². The number of phenolic OH excluding ortho intramolecular Hbond substituents is 1. The zero-order chi connectivity index (χ0) is 27.1. The highest BCUT2D eigenvalue weighted by atomic mass is 16.5. The van der Waals surface area contributed by atoms with E-state index in [9.17, 15) is 9.90 Å². The Labute approximate surface area is 216 Å². The number of aliphatic carboxylic acids is 1. The zero-order valence-electron chi connectivity index (χ0n) is 23.2. The molecule has 0 aliphatic rings. The first kappa shape index (κ1) is 29.3. The highest BCUT2D eigenvalue weighted by Crippen LogP contribution is 2.41. The molecule has 0 unspecified atom stereocenters. The summed E-state index contributed by atoms with van der Waals surface area (Å²) >= 11 is 0. The second-order valence-electron chi connectivity index (χ2n) is 12.0. The molecule has 0 heterocycles. The van der Waals surface area contributed by atoms with Crippen LogP contribution >= 0.6 is 0 Å². The first-order valence-corrected chi connectivity index (χ1v) is 12.7. The number of carboxylic acids is 1. The number of carboxylic acid groups (broad SMARTS) is 1. The van der Waals surface area contributed by atoms with Gasteiger partial charge in [0.1, 0.15) is 23.0 Å². The first-order chi connectivity index (χ1) is 16.6. The number of ether oxygens (including phenoxy) is 3. The Morgan fingerprint density at radius 2 is 1.08 bits per heavy atom. The summed E-state index contributed by atoms with van der Waals surface area (Å²) in [5, 5.41) is 20.0. The van der Waals surface area contributed by atoms with Gasteiger partial charge in [-0.1, -0.05) is 41.5 Å². The number of rotatable bonds is 12. The van der Waals surface area contributed by atoms with Gasteiger partial charge in [0.05, 0.1) is 25.2 Å². The van der Waals surface area contributed by atoms with E-state index in [-0.39, 0.29) is 10.8 Å². The summed E-state index contributed by atoms with van der Waals surface area (Å²) in [6.45, 7) is 17.5. The lowest BCUT2D eigenvalue weighted by Gasteiger charge is -2.28. The predicted molar refractivity (Wildman–Crippen MR) is 144 cm³/mol. The van der Waals surface area contributed by atoms with Gasteiger partial charge in [0.25, 0.3) is 0 Å². The van der Waals surface area contributed by atoms with Gasteiger partial charge in [-0.2, -0.15) is 0 Å². The molecule has 0 amide bonds. The van der Waals surface area contributed by atoms with Crippen LogP contribution < -0.4 is 14.2 Å². The predicted octanol–water partition coefficient (Wildman–Crippen LogP) is 7.10. The summed E-state index contributed by atoms with van der Waals surface area (Å²) < 4.78 is 17.6. The molecule has 2 rings (SSSR count). The van der Waals surface area contributed by atoms with Gasteiger partial charge in [0.15, 0.2) is 0 Å². The molecule has 2 aromatic rings. The van der Waals surface area contributed by atoms with E-state index >= 15 is 0 Å². The van der Waals surface area contributed by atoms with Crippen molar-refractivity contribution in [2.75, 3.05) is 19.8 Å². The third kappa shape index (κ3) is 8.65. The van der Waals surface area contributed by atoms with Crippen molar-refractivity contribution >= 4 is 5.97 Å². The Kier molecular flexibility index (Phi) is 9.70. The third-order valence-electron chi connectivity index (χ3n) is 6.14. The lowest BCUT2D eigenvalue weighted by Crippen LogP contribution is -2.24. The second-order valence-corrected chi connectivity index (χ2v) is 12.0. The van der Waals surface area contributed by atoms with Gasteiger partial charge in [-0.25, -0.2) is 0 Å². The summed E-state index contributed by atoms with van der Waals surface area (Å²) in [7, 11) is 0. The summed E-state index contributed by atoms with van der Waals surface area (Å²) in [5.41, 5.74) is 0.634. The number of hydrogen-bond donors (Lipinski definition) is 2. The average Bonchev–Trinajstić information content (AvgIpc) is 2.76. The van der Waals surface area contributed by atoms with E-state index in [2.05, 4.69) is 41.5 Å². The van der Waals surface area contributed by atoms with E-state index in [0.29, 0.717) is 44.8 Å². The quantitative estimate of drug-likeness (QED) is 0.302. The van der Waals surface area contributed by atoms with Crippen molar-refractivity contribution in [1.29, 1.82) is 0 Å². The van der Waals surface area contributed by atoms with Gasteiger partial charge in [-0.3, -0.25) is 4.79 Å². The fourth-order valence-electron chi connectivity index (χ4n) is 3.72. The monoisotopic (exact) mass is 500 g/mol. The Morgan fingerprint density at radius 3 is 1.47 bits per heavy atom. The van der Waals surface area contributed by atoms with Crippen molar-refractivity contribution in [2.45, 2.75) is 85.5 Å². The Hall–Kier alpha value is -2.89. The van der Waals surface area contributed by atoms with Crippen LogP contribution in [0.1, 0.15) is 85.8 Å². The number of carbonyl (C=O) groups is 1. The number of aromatic hydroxyl groups is 1. The molecule has 0 aliphatic heterocycles. The fraction of sp³-hybridized carbons (Fsp3) is 0.567. The van der Waals surface area contributed by atoms with Gasteiger partial charge in [0.2, 0.25) is 0 Å². The van der Waals surface area contributed by atoms with Gasteiger partial charge < -0.3 is 24.4 Å². The largest absolute Gasteiger partial charge is 0.507 e. The maximum absolute atomic E-state index is 11.2. The van der Waals surface area contributed by atoms with Gasteiger partial charge >= 0.3 is 5.97 Å². The summed E-state index contributed by atoms with van der Waals surface area (Å²) in [6.07, 6.45) is 1.95. The summed E-state index contributed by atoms with van der Waals surface area (Å²) in [4.78, 5) is 11.2. The maximum Gasteiger partial charge on any atom is 0.309 e. The van der Waals surface area contributed by atoms with Crippen LogP contribution in [0.15, 0.2) is 36.4 Å². The van der Waals surface area contributed by atoms with Crippen molar-refractivity contribution < 1.29 is 29.2 Å². The molecule has 0 spiro atoms. The van der Waals surface area contributed by atoms with Crippen molar-refractivity contribution in [3.05, 3.63) is 47.5 Å². The second kappa shape index (κ2) is 11.9. The Morgan fingerprint density at radius 1 is 0.694 bits per heavy atom. The molecule has 0 radical (unpaired) electrons. The molecular formula is C30H44O6. The Bertz CT molecular complexity index is 959. The number of benzene rings is 2. The first-order valence-electron chi connectivity index (χ1n) is 12.7. The molecule has 0 aromatic heterocycles. The Balaban J connectivity index is 1.81. The number of phenols is 1. The van der Waals surface area contributed by atoms with Crippen molar-refractivity contribution in [3.8, 4) is 23.0 Å². The van der Waals surface area contributed by atoms with E-state index < -0.39 is 11.4 Å². The van der Waals surface area contributed by atoms with Crippen molar-refractivity contribution in [3.63, 3.8) is 0 Å². The molecule has 0 saturated carbocycles. The van der Waals surface area contributed by atoms with Crippen LogP contribution in [0, 0.1) is 5.41 Å². The highest BCUT2D eigenvalue weighted by molar-refractivity contribution is 5.73. The molecule has 0 aliphatic carbocycles. The molecular weight excluding hydrogens is 456 g/mol. The maximum atomic E-state index is 11.2. The van der Waals surface area contributed by atoms with Gasteiger partial charge in [0, 0.05) is 17.5 Å². The fourth-order valence-corrected chi connectivity index (χ4v) is 3.72. The molecule has 0 saturated heterocycles. The molecule has 2 aromatic carbocycles. The SMILES string of the molecule is CC(C)(CCCOc1ccc(OCCCOc2cc(C(C)(C)C)c(O)c(C(C)(C)C)c2)cc1)C(=O)O. The van der Waals surface area contributed by atoms with Crippen LogP contribution in [0.25, 0.3) is 0 Å². The van der Waals surface area contributed by atoms with E-state index in [1.807, 2.05) is 36.4 Å². The molecule has 6 nitrogen and oxygen atoms in total. The molecule has 0 bridgehead atoms. The van der Waals surface area contributed by atoms with Crippen LogP contribution in [0.3, 0.4) is 0 Å². The minimum absolute atomic E-state index is 0.197. The molecule has 6 heteroatoms. The standard InChI is InChI=1S/C30H44O6/c1-28(2,3)24-19-23(20-25(26(24)31)29(4,5)6)36-18-10-17-35-22-13-11-21(12-14-22)34-16-9-15-30(7,8)27(32)33/h11-14,19-20,31H,9-10,15-18H2,1-8H3,(H,32,33). The summed E-state index contributed by atoms with van der Waals surface area (Å²) in [6, 6.07) is 11.3. The zero-order valence-corrected chi connectivity index (χ0v) is 23.2. The minimum Gasteiger partial charge on any atom is -0.507 e. The van der Waals surface area contributed by atoms with Crippen LogP contribution in [-0.2, 0) is 15.6 Å². The lowest BCUT2D eigenvalue weighted by molar-refractivity contribution is -0.147.